The van der Waals surface area contributed by atoms with Gasteiger partial charge >= 0.3 is 0 Å². The van der Waals surface area contributed by atoms with E-state index < -0.39 is 32.5 Å². The highest BCUT2D eigenvalue weighted by molar-refractivity contribution is 7.73. The zero-order valence-electron chi connectivity index (χ0n) is 24.8. The minimum absolute atomic E-state index is 0.0161. The third-order valence-corrected chi connectivity index (χ3v) is 13.6. The van der Waals surface area contributed by atoms with E-state index >= 15 is 0 Å². The molecule has 0 aliphatic rings. The Bertz CT molecular complexity index is 1100. The summed E-state index contributed by atoms with van der Waals surface area (Å²) in [5.74, 6) is 0. The molecule has 0 radical (unpaired) electrons. The fourth-order valence-corrected chi connectivity index (χ4v) is 12.4. The standard InChI is InChI=1S/C34H44O2P2Si2/c1-39(2,3)35-33(27-37(29-19-11-7-12-20-29)30-21-13-8-14-22-30)34(36-40(4,5)6)28-38(31-23-15-9-16-24-31)32-25-17-10-18-26-32/h7-26,33-34H,27-28H2,1-6H3. The Kier molecular flexibility index (Phi) is 11.1. The van der Waals surface area contributed by atoms with E-state index in [4.69, 9.17) is 8.85 Å². The minimum Gasteiger partial charge on any atom is -0.412 e. The van der Waals surface area contributed by atoms with Crippen molar-refractivity contribution < 1.29 is 8.85 Å². The Morgan fingerprint density at radius 2 is 0.650 bits per heavy atom. The van der Waals surface area contributed by atoms with Gasteiger partial charge in [0.2, 0.25) is 0 Å². The van der Waals surface area contributed by atoms with Crippen molar-refractivity contribution in [3.8, 4) is 0 Å². The van der Waals surface area contributed by atoms with Crippen LogP contribution >= 0.6 is 15.8 Å². The Labute approximate surface area is 246 Å². The van der Waals surface area contributed by atoms with Crippen LogP contribution in [0.5, 0.6) is 0 Å². The zero-order chi connectivity index (χ0) is 28.6. The lowest BCUT2D eigenvalue weighted by Gasteiger charge is -2.39. The second-order valence-electron chi connectivity index (χ2n) is 12.1. The molecule has 6 heteroatoms. The van der Waals surface area contributed by atoms with Gasteiger partial charge in [-0.05, 0) is 76.3 Å². The fraction of sp³-hybridized carbons (Fsp3) is 0.294. The van der Waals surface area contributed by atoms with Gasteiger partial charge in [0.1, 0.15) is 0 Å². The van der Waals surface area contributed by atoms with Gasteiger partial charge in [-0.25, -0.2) is 0 Å². The molecular formula is C34H44O2P2Si2. The predicted molar refractivity (Wildman–Crippen MR) is 184 cm³/mol. The van der Waals surface area contributed by atoms with Crippen molar-refractivity contribution >= 4 is 53.7 Å². The summed E-state index contributed by atoms with van der Waals surface area (Å²) in [6.07, 6.45) is 1.94. The summed E-state index contributed by atoms with van der Waals surface area (Å²) in [7, 11) is -4.99. The van der Waals surface area contributed by atoms with Crippen LogP contribution in [0.4, 0.5) is 0 Å². The quantitative estimate of drug-likeness (QED) is 0.115. The first-order chi connectivity index (χ1) is 19.1. The third-order valence-electron chi connectivity index (χ3n) is 6.42. The van der Waals surface area contributed by atoms with Gasteiger partial charge in [0, 0.05) is 12.3 Å². The van der Waals surface area contributed by atoms with E-state index in [1.165, 1.54) is 21.2 Å². The first-order valence-electron chi connectivity index (χ1n) is 14.2. The molecule has 0 fully saturated rings. The van der Waals surface area contributed by atoms with Gasteiger partial charge in [0.05, 0.1) is 12.2 Å². The van der Waals surface area contributed by atoms with Crippen molar-refractivity contribution in [2.45, 2.75) is 51.5 Å². The van der Waals surface area contributed by atoms with Crippen molar-refractivity contribution in [2.75, 3.05) is 12.3 Å². The average Bonchev–Trinajstić information content (AvgIpc) is 2.94. The number of hydrogen-bond acceptors (Lipinski definition) is 2. The highest BCUT2D eigenvalue weighted by atomic mass is 31.1. The Hall–Kier alpha value is -1.91. The van der Waals surface area contributed by atoms with Gasteiger partial charge < -0.3 is 8.85 Å². The normalized spacial score (nSPS) is 13.9. The van der Waals surface area contributed by atoms with E-state index in [2.05, 4.69) is 161 Å². The van der Waals surface area contributed by atoms with Crippen LogP contribution in [-0.2, 0) is 8.85 Å². The SMILES string of the molecule is C[Si](C)(C)OC(CP(c1ccccc1)c1ccccc1)C(CP(c1ccccc1)c1ccccc1)O[Si](C)(C)C. The maximum absolute atomic E-state index is 7.15. The largest absolute Gasteiger partial charge is 0.412 e. The maximum atomic E-state index is 7.15. The zero-order valence-corrected chi connectivity index (χ0v) is 28.6. The summed E-state index contributed by atoms with van der Waals surface area (Å²) in [6.45, 7) is 13.9. The molecule has 0 aliphatic carbocycles. The molecule has 4 aromatic carbocycles. The van der Waals surface area contributed by atoms with Crippen LogP contribution in [-0.4, -0.2) is 41.2 Å². The average molecular weight is 603 g/mol. The lowest BCUT2D eigenvalue weighted by Crippen LogP contribution is -2.48. The monoisotopic (exact) mass is 602 g/mol. The van der Waals surface area contributed by atoms with Crippen LogP contribution in [0.15, 0.2) is 121 Å². The maximum Gasteiger partial charge on any atom is 0.184 e. The molecule has 0 spiro atoms. The topological polar surface area (TPSA) is 18.5 Å². The number of benzene rings is 4. The summed E-state index contributed by atoms with van der Waals surface area (Å²) in [4.78, 5) is 0. The van der Waals surface area contributed by atoms with Gasteiger partial charge in [-0.1, -0.05) is 121 Å². The van der Waals surface area contributed by atoms with E-state index in [1.807, 2.05) is 0 Å². The van der Waals surface area contributed by atoms with Crippen LogP contribution in [0.25, 0.3) is 0 Å². The van der Waals surface area contributed by atoms with Crippen LogP contribution in [0.2, 0.25) is 39.3 Å². The molecular weight excluding hydrogens is 558 g/mol. The fourth-order valence-electron chi connectivity index (χ4n) is 4.88. The van der Waals surface area contributed by atoms with E-state index in [1.54, 1.807) is 0 Å². The van der Waals surface area contributed by atoms with Gasteiger partial charge in [-0.3, -0.25) is 0 Å². The van der Waals surface area contributed by atoms with Crippen LogP contribution in [0, 0.1) is 0 Å². The van der Waals surface area contributed by atoms with Crippen LogP contribution in [0.1, 0.15) is 0 Å². The highest BCUT2D eigenvalue weighted by Crippen LogP contribution is 2.41. The van der Waals surface area contributed by atoms with E-state index in [-0.39, 0.29) is 12.2 Å². The van der Waals surface area contributed by atoms with E-state index in [9.17, 15) is 0 Å². The third kappa shape index (κ3) is 9.59. The highest BCUT2D eigenvalue weighted by Gasteiger charge is 2.36. The smallest absolute Gasteiger partial charge is 0.184 e. The number of hydrogen-bond donors (Lipinski definition) is 0. The molecule has 0 aliphatic heterocycles. The summed E-state index contributed by atoms with van der Waals surface area (Å²) in [6, 6.07) is 44.1. The molecule has 0 N–H and O–H groups in total. The summed E-state index contributed by atoms with van der Waals surface area (Å²) in [5, 5.41) is 5.59. The molecule has 4 rings (SSSR count). The molecule has 0 heterocycles. The Morgan fingerprint density at radius 1 is 0.425 bits per heavy atom. The number of rotatable bonds is 13. The van der Waals surface area contributed by atoms with E-state index in [0.717, 1.165) is 12.3 Å². The summed E-state index contributed by atoms with van der Waals surface area (Å²) >= 11 is 0. The molecule has 2 nitrogen and oxygen atoms in total. The second-order valence-corrected chi connectivity index (χ2v) is 25.5. The van der Waals surface area contributed by atoms with Crippen molar-refractivity contribution in [1.29, 1.82) is 0 Å². The Balaban J connectivity index is 1.78. The van der Waals surface area contributed by atoms with Gasteiger partial charge in [0.15, 0.2) is 16.6 Å². The van der Waals surface area contributed by atoms with Gasteiger partial charge in [0.25, 0.3) is 0 Å². The van der Waals surface area contributed by atoms with E-state index in [0.29, 0.717) is 0 Å². The molecule has 0 aromatic heterocycles. The summed E-state index contributed by atoms with van der Waals surface area (Å²) in [5.41, 5.74) is 0. The molecule has 2 atom stereocenters. The van der Waals surface area contributed by atoms with Crippen molar-refractivity contribution in [1.82, 2.24) is 0 Å². The van der Waals surface area contributed by atoms with Gasteiger partial charge in [-0.15, -0.1) is 0 Å². The molecule has 0 saturated heterocycles. The first-order valence-corrected chi connectivity index (χ1v) is 24.1. The van der Waals surface area contributed by atoms with Crippen molar-refractivity contribution in [3.63, 3.8) is 0 Å². The predicted octanol–water partition coefficient (Wildman–Crippen LogP) is 7.69. The van der Waals surface area contributed by atoms with Crippen molar-refractivity contribution in [3.05, 3.63) is 121 Å². The molecule has 0 amide bonds. The Morgan fingerprint density at radius 3 is 0.850 bits per heavy atom. The lowest BCUT2D eigenvalue weighted by molar-refractivity contribution is 0.0731. The molecule has 4 aromatic rings. The molecule has 40 heavy (non-hydrogen) atoms. The molecule has 210 valence electrons. The van der Waals surface area contributed by atoms with Crippen LogP contribution < -0.4 is 21.2 Å². The van der Waals surface area contributed by atoms with Gasteiger partial charge in [-0.2, -0.15) is 0 Å². The summed E-state index contributed by atoms with van der Waals surface area (Å²) < 4.78 is 14.3. The minimum atomic E-state index is -1.88. The molecule has 2 unspecified atom stereocenters. The molecule has 0 bridgehead atoms. The second kappa shape index (κ2) is 14.3. The van der Waals surface area contributed by atoms with Crippen molar-refractivity contribution in [2.24, 2.45) is 0 Å². The first kappa shape index (κ1) is 31.0. The lowest BCUT2D eigenvalue weighted by atomic mass is 10.2. The molecule has 0 saturated carbocycles. The van der Waals surface area contributed by atoms with Crippen LogP contribution in [0.3, 0.4) is 0 Å².